The van der Waals surface area contributed by atoms with Crippen LogP contribution in [0.3, 0.4) is 0 Å². The van der Waals surface area contributed by atoms with Crippen LogP contribution in [0.1, 0.15) is 29.0 Å². The summed E-state index contributed by atoms with van der Waals surface area (Å²) in [5, 5.41) is 9.55. The minimum absolute atomic E-state index is 0.224. The summed E-state index contributed by atoms with van der Waals surface area (Å²) in [6, 6.07) is 28.1. The number of carbonyl (C=O) groups is 2. The smallest absolute Gasteiger partial charge is 0.345 e. The van der Waals surface area contributed by atoms with Crippen LogP contribution in [-0.4, -0.2) is 23.1 Å². The van der Waals surface area contributed by atoms with Gasteiger partial charge in [-0.3, -0.25) is 4.79 Å². The molecule has 3 aromatic carbocycles. The maximum absolute atomic E-state index is 13.0. The van der Waals surface area contributed by atoms with Crippen LogP contribution < -0.4 is 0 Å². The number of benzene rings is 3. The number of hydrogen-bond donors (Lipinski definition) is 1. The highest BCUT2D eigenvalue weighted by molar-refractivity contribution is 5.85. The lowest BCUT2D eigenvalue weighted by molar-refractivity contribution is -0.164. The summed E-state index contributed by atoms with van der Waals surface area (Å²) in [7, 11) is 0. The Bertz CT molecular complexity index is 852. The van der Waals surface area contributed by atoms with E-state index in [1.54, 1.807) is 0 Å². The molecule has 0 aliphatic carbocycles. The van der Waals surface area contributed by atoms with Gasteiger partial charge in [-0.15, -0.1) is 0 Å². The third-order valence-corrected chi connectivity index (χ3v) is 4.57. The van der Waals surface area contributed by atoms with Crippen molar-refractivity contribution < 1.29 is 19.4 Å². The second-order valence-corrected chi connectivity index (χ2v) is 6.54. The van der Waals surface area contributed by atoms with Gasteiger partial charge in [0, 0.05) is 0 Å². The van der Waals surface area contributed by atoms with E-state index in [4.69, 9.17) is 4.74 Å². The van der Waals surface area contributed by atoms with E-state index in [1.165, 1.54) is 0 Å². The molecule has 1 N–H and O–H groups in total. The van der Waals surface area contributed by atoms with Crippen LogP contribution >= 0.6 is 0 Å². The molecule has 142 valence electrons. The summed E-state index contributed by atoms with van der Waals surface area (Å²) >= 11 is 0. The normalized spacial score (nSPS) is 11.8. The molecule has 0 radical (unpaired) electrons. The van der Waals surface area contributed by atoms with Crippen LogP contribution in [0.5, 0.6) is 0 Å². The van der Waals surface area contributed by atoms with Crippen molar-refractivity contribution in [2.24, 2.45) is 0 Å². The molecule has 0 aliphatic heterocycles. The standard InChI is InChI=1S/C24H22O4/c25-23(26)21(17-16-18-10-4-1-5-11-18)28-24(27)22(19-12-6-2-7-13-19)20-14-8-3-9-15-20/h1-15,21-22H,16-17H2,(H,25,26)/t21-/m1/s1. The lowest BCUT2D eigenvalue weighted by Crippen LogP contribution is -2.30. The van der Waals surface area contributed by atoms with Gasteiger partial charge in [0.15, 0.2) is 6.10 Å². The van der Waals surface area contributed by atoms with Crippen molar-refractivity contribution in [3.05, 3.63) is 108 Å². The van der Waals surface area contributed by atoms with E-state index in [2.05, 4.69) is 0 Å². The molecular formula is C24H22O4. The SMILES string of the molecule is O=C(O[C@H](CCc1ccccc1)C(=O)O)C(c1ccccc1)c1ccccc1. The topological polar surface area (TPSA) is 63.6 Å². The fourth-order valence-electron chi connectivity index (χ4n) is 3.14. The number of ether oxygens (including phenoxy) is 1. The Balaban J connectivity index is 1.78. The number of esters is 1. The lowest BCUT2D eigenvalue weighted by Gasteiger charge is -2.20. The fraction of sp³-hybridized carbons (Fsp3) is 0.167. The van der Waals surface area contributed by atoms with Crippen LogP contribution in [0.25, 0.3) is 0 Å². The maximum atomic E-state index is 13.0. The molecule has 4 heteroatoms. The quantitative estimate of drug-likeness (QED) is 0.592. The van der Waals surface area contributed by atoms with Crippen molar-refractivity contribution >= 4 is 11.9 Å². The Hall–Kier alpha value is -3.40. The first-order chi connectivity index (χ1) is 13.6. The summed E-state index contributed by atoms with van der Waals surface area (Å²) in [4.78, 5) is 24.7. The first-order valence-electron chi connectivity index (χ1n) is 9.22. The minimum Gasteiger partial charge on any atom is -0.479 e. The second-order valence-electron chi connectivity index (χ2n) is 6.54. The van der Waals surface area contributed by atoms with Crippen molar-refractivity contribution in [1.29, 1.82) is 0 Å². The van der Waals surface area contributed by atoms with Gasteiger partial charge in [0.1, 0.15) is 5.92 Å². The average Bonchev–Trinajstić information content (AvgIpc) is 2.73. The molecule has 4 nitrogen and oxygen atoms in total. The van der Waals surface area contributed by atoms with Gasteiger partial charge in [-0.05, 0) is 29.5 Å². The van der Waals surface area contributed by atoms with E-state index < -0.39 is 24.0 Å². The van der Waals surface area contributed by atoms with Crippen molar-refractivity contribution in [2.45, 2.75) is 24.9 Å². The summed E-state index contributed by atoms with van der Waals surface area (Å²) < 4.78 is 5.47. The highest BCUT2D eigenvalue weighted by atomic mass is 16.6. The molecular weight excluding hydrogens is 352 g/mol. The van der Waals surface area contributed by atoms with E-state index >= 15 is 0 Å². The van der Waals surface area contributed by atoms with Crippen LogP contribution in [0.15, 0.2) is 91.0 Å². The number of carboxylic acid groups (broad SMARTS) is 1. The third kappa shape index (κ3) is 5.07. The molecule has 0 unspecified atom stereocenters. The predicted molar refractivity (Wildman–Crippen MR) is 107 cm³/mol. The molecule has 0 saturated carbocycles. The zero-order valence-corrected chi connectivity index (χ0v) is 15.4. The summed E-state index contributed by atoms with van der Waals surface area (Å²) in [5.41, 5.74) is 2.55. The Morgan fingerprint density at radius 2 is 1.21 bits per heavy atom. The zero-order valence-electron chi connectivity index (χ0n) is 15.4. The molecule has 0 amide bonds. The first-order valence-corrected chi connectivity index (χ1v) is 9.22. The highest BCUT2D eigenvalue weighted by Crippen LogP contribution is 2.27. The number of carboxylic acids is 1. The molecule has 0 saturated heterocycles. The fourth-order valence-corrected chi connectivity index (χ4v) is 3.14. The lowest BCUT2D eigenvalue weighted by atomic mass is 9.91. The van der Waals surface area contributed by atoms with Crippen LogP contribution in [0.4, 0.5) is 0 Å². The van der Waals surface area contributed by atoms with Gasteiger partial charge in [-0.25, -0.2) is 4.79 Å². The van der Waals surface area contributed by atoms with Gasteiger partial charge in [-0.1, -0.05) is 91.0 Å². The minimum atomic E-state index is -1.19. The largest absolute Gasteiger partial charge is 0.479 e. The van der Waals surface area contributed by atoms with Crippen molar-refractivity contribution in [3.8, 4) is 0 Å². The summed E-state index contributed by atoms with van der Waals surface area (Å²) in [6.45, 7) is 0. The number of rotatable bonds is 8. The molecule has 0 spiro atoms. The Morgan fingerprint density at radius 1 is 0.750 bits per heavy atom. The second kappa shape index (κ2) is 9.51. The molecule has 3 rings (SSSR count). The van der Waals surface area contributed by atoms with E-state index in [1.807, 2.05) is 91.0 Å². The average molecular weight is 374 g/mol. The summed E-state index contributed by atoms with van der Waals surface area (Å²) in [5.74, 6) is -2.36. The van der Waals surface area contributed by atoms with Crippen molar-refractivity contribution in [3.63, 3.8) is 0 Å². The Kier molecular flexibility index (Phi) is 6.58. The van der Waals surface area contributed by atoms with Gasteiger partial charge in [0.05, 0.1) is 0 Å². The summed E-state index contributed by atoms with van der Waals surface area (Å²) in [6.07, 6.45) is -0.448. The number of hydrogen-bond acceptors (Lipinski definition) is 3. The molecule has 0 fully saturated rings. The molecule has 0 bridgehead atoms. The Morgan fingerprint density at radius 3 is 1.68 bits per heavy atom. The van der Waals surface area contributed by atoms with Gasteiger partial charge >= 0.3 is 11.9 Å². The molecule has 0 heterocycles. The van der Waals surface area contributed by atoms with Crippen LogP contribution in [0, 0.1) is 0 Å². The first kappa shape index (κ1) is 19.4. The van der Waals surface area contributed by atoms with Crippen LogP contribution in [-0.2, 0) is 20.7 Å². The zero-order chi connectivity index (χ0) is 19.8. The predicted octanol–water partition coefficient (Wildman–Crippen LogP) is 4.45. The third-order valence-electron chi connectivity index (χ3n) is 4.57. The number of aliphatic carboxylic acids is 1. The highest BCUT2D eigenvalue weighted by Gasteiger charge is 2.29. The van der Waals surface area contributed by atoms with E-state index in [-0.39, 0.29) is 6.42 Å². The molecule has 0 aromatic heterocycles. The van der Waals surface area contributed by atoms with Gasteiger partial charge in [0.2, 0.25) is 0 Å². The maximum Gasteiger partial charge on any atom is 0.345 e. The Labute approximate surface area is 164 Å². The van der Waals surface area contributed by atoms with Gasteiger partial charge < -0.3 is 9.84 Å². The number of carbonyl (C=O) groups excluding carboxylic acids is 1. The van der Waals surface area contributed by atoms with Gasteiger partial charge in [0.25, 0.3) is 0 Å². The van der Waals surface area contributed by atoms with E-state index in [9.17, 15) is 14.7 Å². The molecule has 3 aromatic rings. The van der Waals surface area contributed by atoms with Crippen molar-refractivity contribution in [1.82, 2.24) is 0 Å². The number of aryl methyl sites for hydroxylation is 1. The monoisotopic (exact) mass is 374 g/mol. The molecule has 0 aliphatic rings. The van der Waals surface area contributed by atoms with Gasteiger partial charge in [-0.2, -0.15) is 0 Å². The van der Waals surface area contributed by atoms with E-state index in [0.29, 0.717) is 6.42 Å². The molecule has 1 atom stereocenters. The molecule has 28 heavy (non-hydrogen) atoms. The van der Waals surface area contributed by atoms with E-state index in [0.717, 1.165) is 16.7 Å². The van der Waals surface area contributed by atoms with Crippen molar-refractivity contribution in [2.75, 3.05) is 0 Å². The van der Waals surface area contributed by atoms with Crippen LogP contribution in [0.2, 0.25) is 0 Å².